The number of likely N-dealkylation sites (N-methyl/N-ethyl adjacent to an activating group) is 1. The largest absolute Gasteiger partial charge is 0.476 e. The van der Waals surface area contributed by atoms with Gasteiger partial charge in [0, 0.05) is 98.9 Å². The number of hydrogen-bond donors (Lipinski definition) is 7. The maximum absolute atomic E-state index is 15.5. The number of carbonyl (C=O) groups is 9. The molecule has 12 bridgehead atoms. The lowest BCUT2D eigenvalue weighted by Gasteiger charge is -2.69. The topological polar surface area (TPSA) is 332 Å². The van der Waals surface area contributed by atoms with E-state index in [4.69, 9.17) is 25.3 Å². The molecule has 16 rings (SSSR count). The van der Waals surface area contributed by atoms with E-state index in [0.717, 1.165) is 53.8 Å². The number of nitrogens with one attached hydrogen (secondary N) is 5. The average molecular weight is 1340 g/mol. The van der Waals surface area contributed by atoms with Crippen LogP contribution in [0.1, 0.15) is 147 Å². The van der Waals surface area contributed by atoms with Crippen LogP contribution in [0.4, 0.5) is 26.2 Å². The summed E-state index contributed by atoms with van der Waals surface area (Å²) in [5, 5.41) is 30.9. The molecule has 4 aliphatic carbocycles. The summed E-state index contributed by atoms with van der Waals surface area (Å²) in [5.74, 6) is -5.74. The number of para-hydroxylation sites is 1. The smallest absolute Gasteiger partial charge is 0.409 e. The number of carbonyl (C=O) groups excluding carboxylic acids is 8. The van der Waals surface area contributed by atoms with Gasteiger partial charge in [-0.1, -0.05) is 74.9 Å². The Morgan fingerprint density at radius 2 is 1.59 bits per heavy atom. The predicted octanol–water partition coefficient (Wildman–Crippen LogP) is 8.81. The van der Waals surface area contributed by atoms with E-state index in [9.17, 15) is 43.5 Å². The highest BCUT2D eigenvalue weighted by Gasteiger charge is 2.66. The molecule has 26 heteroatoms. The number of amides is 9. The summed E-state index contributed by atoms with van der Waals surface area (Å²) < 4.78 is 15.6. The summed E-state index contributed by atoms with van der Waals surface area (Å²) in [6.07, 6.45) is 10.5. The number of carboxylic acid groups (broad SMARTS) is 1. The van der Waals surface area contributed by atoms with Gasteiger partial charge in [-0.3, -0.25) is 43.7 Å². The molecule has 97 heavy (non-hydrogen) atoms. The van der Waals surface area contributed by atoms with E-state index in [-0.39, 0.29) is 91.9 Å². The average Bonchev–Trinajstić information content (AvgIpc) is 0.979. The van der Waals surface area contributed by atoms with Crippen molar-refractivity contribution >= 4 is 91.7 Å². The molecule has 3 aromatic heterocycles. The molecule has 6 atom stereocenters. The van der Waals surface area contributed by atoms with Crippen molar-refractivity contribution in [3.63, 3.8) is 0 Å². The van der Waals surface area contributed by atoms with Crippen LogP contribution >= 0.6 is 11.3 Å². The number of aromatic carboxylic acids is 1. The minimum Gasteiger partial charge on any atom is -0.476 e. The SMILES string of the molecule is Cc1c2cnn1CC13CC4(C)CC(C)(C1)CC(C4)(C3)OCCN(C)C(=O)OCc1ccc(cc1)NC(=O)[C@H](CCCNC(N)=O)NC(=O)[C@@H](NC(=O)CCCCCN1C(=O)C=CC1=O)C(C)C1CN(Cc3c(C(=O)Nc4nc5ccccc5s4)cccc31)c1ccc-2c(C(=O)O)n1. The van der Waals surface area contributed by atoms with Crippen molar-refractivity contribution < 1.29 is 57.7 Å². The number of ether oxygens (including phenoxy) is 2. The number of fused-ring (bicyclic) bond motifs is 2. The zero-order valence-electron chi connectivity index (χ0n) is 55.2. The summed E-state index contributed by atoms with van der Waals surface area (Å²) in [7, 11) is 1.67. The first kappa shape index (κ1) is 67.4. The zero-order chi connectivity index (χ0) is 68.6. The van der Waals surface area contributed by atoms with Gasteiger partial charge in [0.05, 0.1) is 28.6 Å². The predicted molar refractivity (Wildman–Crippen MR) is 362 cm³/mol. The number of unbranched alkanes of at least 4 members (excludes halogenated alkanes) is 2. The first-order valence-electron chi connectivity index (χ1n) is 33.3. The van der Waals surface area contributed by atoms with Gasteiger partial charge in [-0.25, -0.2) is 24.4 Å². The fourth-order valence-corrected chi connectivity index (χ4v) is 17.9. The third-order valence-electron chi connectivity index (χ3n) is 20.4. The normalized spacial score (nSPS) is 25.8. The van der Waals surface area contributed by atoms with Gasteiger partial charge in [0.2, 0.25) is 17.7 Å². The maximum atomic E-state index is 15.5. The Hall–Kier alpha value is -9.56. The first-order valence-corrected chi connectivity index (χ1v) is 34.1. The van der Waals surface area contributed by atoms with Gasteiger partial charge in [-0.2, -0.15) is 5.10 Å². The van der Waals surface area contributed by atoms with Crippen LogP contribution in [0.2, 0.25) is 0 Å². The third-order valence-corrected chi connectivity index (χ3v) is 21.3. The molecule has 0 saturated heterocycles. The molecule has 510 valence electrons. The number of aromatic nitrogens is 4. The van der Waals surface area contributed by atoms with E-state index in [0.29, 0.717) is 76.6 Å². The van der Waals surface area contributed by atoms with Gasteiger partial charge >= 0.3 is 18.1 Å². The van der Waals surface area contributed by atoms with Gasteiger partial charge in [0.15, 0.2) is 10.8 Å². The second-order valence-electron chi connectivity index (χ2n) is 28.2. The van der Waals surface area contributed by atoms with E-state index in [1.165, 1.54) is 28.4 Å². The molecule has 0 radical (unpaired) electrons. The summed E-state index contributed by atoms with van der Waals surface area (Å²) in [6, 6.07) is 19.6. The molecule has 4 saturated carbocycles. The summed E-state index contributed by atoms with van der Waals surface area (Å²) in [6.45, 7) is 9.96. The van der Waals surface area contributed by atoms with E-state index in [1.54, 1.807) is 68.7 Å². The van der Waals surface area contributed by atoms with Gasteiger partial charge < -0.3 is 51.4 Å². The number of nitrogens with two attached hydrogens (primary N) is 1. The van der Waals surface area contributed by atoms with Crippen LogP contribution in [0.3, 0.4) is 0 Å². The summed E-state index contributed by atoms with van der Waals surface area (Å²) >= 11 is 1.31. The number of pyridine rings is 1. The molecule has 8 N–H and O–H groups in total. The van der Waals surface area contributed by atoms with Crippen LogP contribution in [-0.4, -0.2) is 146 Å². The number of rotatable bonds is 14. The van der Waals surface area contributed by atoms with Crippen LogP contribution in [0.15, 0.2) is 97.2 Å². The Morgan fingerprint density at radius 1 is 0.835 bits per heavy atom. The Morgan fingerprint density at radius 3 is 2.32 bits per heavy atom. The van der Waals surface area contributed by atoms with Gasteiger partial charge in [-0.15, -0.1) is 0 Å². The number of nitrogens with zero attached hydrogens (tertiary/aromatic N) is 7. The number of hydrogen-bond acceptors (Lipinski definition) is 16. The number of imide groups is 1. The second-order valence-corrected chi connectivity index (χ2v) is 29.3. The van der Waals surface area contributed by atoms with Crippen molar-refractivity contribution in [3.8, 4) is 11.1 Å². The van der Waals surface area contributed by atoms with Crippen molar-refractivity contribution in [3.05, 3.63) is 131 Å². The van der Waals surface area contributed by atoms with E-state index < -0.39 is 83.1 Å². The molecular formula is C71H83N13O12S. The molecule has 9 heterocycles. The molecule has 2 spiro atoms. The van der Waals surface area contributed by atoms with Crippen LogP contribution < -0.4 is 37.2 Å². The van der Waals surface area contributed by atoms with Gasteiger partial charge in [-0.05, 0) is 152 Å². The van der Waals surface area contributed by atoms with Crippen molar-refractivity contribution in [2.45, 2.75) is 148 Å². The molecule has 3 aromatic carbocycles. The maximum Gasteiger partial charge on any atom is 0.409 e. The molecule has 10 aliphatic rings. The van der Waals surface area contributed by atoms with Crippen molar-refractivity contribution in [1.29, 1.82) is 0 Å². The highest BCUT2D eigenvalue weighted by atomic mass is 32.1. The Bertz CT molecular complexity index is 4060. The van der Waals surface area contributed by atoms with E-state index in [2.05, 4.69) is 45.4 Å². The number of urea groups is 1. The lowest BCUT2D eigenvalue weighted by atomic mass is 9.39. The second kappa shape index (κ2) is 27.5. The molecule has 6 aliphatic heterocycles. The Labute approximate surface area is 565 Å². The van der Waals surface area contributed by atoms with E-state index >= 15 is 4.79 Å². The highest BCUT2D eigenvalue weighted by Crippen LogP contribution is 2.72. The Kier molecular flexibility index (Phi) is 19.1. The van der Waals surface area contributed by atoms with Crippen LogP contribution in [0.5, 0.6) is 0 Å². The van der Waals surface area contributed by atoms with Crippen molar-refractivity contribution in [2.24, 2.45) is 27.9 Å². The van der Waals surface area contributed by atoms with Crippen molar-refractivity contribution in [1.82, 2.24) is 45.5 Å². The van der Waals surface area contributed by atoms with Gasteiger partial charge in [0.25, 0.3) is 17.7 Å². The van der Waals surface area contributed by atoms with E-state index in [1.807, 2.05) is 46.8 Å². The number of thiazole rings is 1. The minimum absolute atomic E-state index is 0.00137. The summed E-state index contributed by atoms with van der Waals surface area (Å²) in [4.78, 5) is 137. The monoisotopic (exact) mass is 1340 g/mol. The first-order chi connectivity index (χ1) is 46.4. The van der Waals surface area contributed by atoms with Crippen LogP contribution in [0.25, 0.3) is 21.3 Å². The lowest BCUT2D eigenvalue weighted by molar-refractivity contribution is -0.248. The lowest BCUT2D eigenvalue weighted by Crippen LogP contribution is -2.64. The molecule has 9 amide bonds. The van der Waals surface area contributed by atoms with Gasteiger partial charge in [0.1, 0.15) is 24.5 Å². The quantitative estimate of drug-likeness (QED) is 0.0395. The standard InChI is InChI=1S/C71H83N13O12S/c1-42-50-32-82(33-51-46(50)13-11-14-48(51)61(88)80-66-77-52-15-8-9-17-54(52)97-66)55-24-23-47(60(78-55)64(91)92)49-31-74-84(43(49)2)41-70-36-68(3)35-69(4,37-70)39-71(38-68,40-70)96-30-29-81(5)67(94)95-34-44-19-21-45(22-20-44)75-62(89)53(16-12-27-73-65(72)93)76-63(90)59(42)79-56(85)18-7-6-10-28-83-57(86)25-26-58(83)87/h8-9,11,13-15,17,19-26,31,42,50,53,59H,6-7,10,12,16,18,27-30,32-41H2,1-5H3,(H,75,89)(H,76,90)(H,79,85)(H,91,92)(H3,72,73,93)(H,77,80,88)/t42?,50?,53-,59-,68?,69?,70?,71?/m0/s1. The fourth-order valence-electron chi connectivity index (χ4n) is 17.0. The van der Waals surface area contributed by atoms with Crippen LogP contribution in [0, 0.1) is 29.1 Å². The number of benzene rings is 3. The number of primary amides is 1. The molecule has 4 fully saturated rings. The summed E-state index contributed by atoms with van der Waals surface area (Å²) in [5.41, 5.74) is 9.46. The molecular weight excluding hydrogens is 1260 g/mol. The minimum atomic E-state index is -1.38. The third kappa shape index (κ3) is 14.7. The number of anilines is 3. The highest BCUT2D eigenvalue weighted by molar-refractivity contribution is 7.22. The molecule has 4 unspecified atom stereocenters. The van der Waals surface area contributed by atoms with Crippen LogP contribution in [-0.2, 0) is 53.1 Å². The number of carboxylic acids is 1. The zero-order valence-corrected chi connectivity index (χ0v) is 56.1. The molecule has 6 aromatic rings. The fraction of sp³-hybridized carbons (Fsp3) is 0.465. The molecule has 25 nitrogen and oxygen atoms in total. The Balaban J connectivity index is 0.917. The van der Waals surface area contributed by atoms with Crippen molar-refractivity contribution in [2.75, 3.05) is 55.4 Å².